The van der Waals surface area contributed by atoms with Gasteiger partial charge in [0.05, 0.1) is 0 Å². The first-order valence-corrected chi connectivity index (χ1v) is 3.70. The molecule has 0 bridgehead atoms. The van der Waals surface area contributed by atoms with Crippen LogP contribution in [0.2, 0.25) is 0 Å². The Hall–Kier alpha value is -0.770. The van der Waals surface area contributed by atoms with Crippen LogP contribution in [-0.4, -0.2) is 5.54 Å². The van der Waals surface area contributed by atoms with Crippen molar-refractivity contribution >= 4 is 0 Å². The number of nitrogens with zero attached hydrogens (tertiary/aromatic N) is 1. The minimum absolute atomic E-state index is 0.0390. The zero-order chi connectivity index (χ0) is 7.61. The second-order valence-corrected chi connectivity index (χ2v) is 3.32. The molecular formula is C9H13N. The zero-order valence-corrected chi connectivity index (χ0v) is 6.65. The molecule has 0 radical (unpaired) electrons. The van der Waals surface area contributed by atoms with Crippen LogP contribution >= 0.6 is 0 Å². The first kappa shape index (κ1) is 7.34. The molecule has 0 amide bonds. The molecular weight excluding hydrogens is 122 g/mol. The SMILES string of the molecule is [C-]#[N+]C1(CC=C(C)C)CC1. The van der Waals surface area contributed by atoms with Gasteiger partial charge in [-0.15, -0.1) is 0 Å². The summed E-state index contributed by atoms with van der Waals surface area (Å²) in [7, 11) is 0. The summed E-state index contributed by atoms with van der Waals surface area (Å²) in [5.41, 5.74) is 1.37. The number of rotatable bonds is 2. The average Bonchev–Trinajstić information content (AvgIpc) is 2.64. The lowest BCUT2D eigenvalue weighted by molar-refractivity contribution is 0.801. The minimum atomic E-state index is 0.0390. The Kier molecular flexibility index (Phi) is 1.80. The van der Waals surface area contributed by atoms with Crippen molar-refractivity contribution in [2.75, 3.05) is 0 Å². The fourth-order valence-electron chi connectivity index (χ4n) is 0.900. The van der Waals surface area contributed by atoms with Crippen LogP contribution in [0.25, 0.3) is 4.85 Å². The molecule has 0 spiro atoms. The van der Waals surface area contributed by atoms with E-state index in [4.69, 9.17) is 6.57 Å². The molecule has 0 aromatic heterocycles. The highest BCUT2D eigenvalue weighted by atomic mass is 14.9. The summed E-state index contributed by atoms with van der Waals surface area (Å²) in [6.45, 7) is 11.1. The third kappa shape index (κ3) is 1.60. The molecule has 0 aromatic rings. The van der Waals surface area contributed by atoms with E-state index < -0.39 is 0 Å². The van der Waals surface area contributed by atoms with E-state index in [-0.39, 0.29) is 5.54 Å². The van der Waals surface area contributed by atoms with Crippen LogP contribution in [0.4, 0.5) is 0 Å². The van der Waals surface area contributed by atoms with E-state index in [0.717, 1.165) is 19.3 Å². The van der Waals surface area contributed by atoms with Gasteiger partial charge in [0.1, 0.15) is 0 Å². The van der Waals surface area contributed by atoms with Gasteiger partial charge >= 0.3 is 0 Å². The summed E-state index contributed by atoms with van der Waals surface area (Å²) in [4.78, 5) is 3.61. The maximum absolute atomic E-state index is 6.91. The monoisotopic (exact) mass is 135 g/mol. The van der Waals surface area contributed by atoms with Gasteiger partial charge in [-0.25, -0.2) is 6.57 Å². The fourth-order valence-corrected chi connectivity index (χ4v) is 0.900. The largest absolute Gasteiger partial charge is 0.310 e. The van der Waals surface area contributed by atoms with Crippen molar-refractivity contribution in [2.45, 2.75) is 38.6 Å². The predicted octanol–water partition coefficient (Wildman–Crippen LogP) is 2.79. The molecule has 0 N–H and O–H groups in total. The van der Waals surface area contributed by atoms with E-state index in [9.17, 15) is 0 Å². The third-order valence-electron chi connectivity index (χ3n) is 1.95. The summed E-state index contributed by atoms with van der Waals surface area (Å²) in [6.07, 6.45) is 5.37. The molecule has 1 saturated carbocycles. The molecule has 0 unspecified atom stereocenters. The molecule has 0 atom stereocenters. The lowest BCUT2D eigenvalue weighted by Gasteiger charge is -1.95. The molecule has 1 heteroatoms. The van der Waals surface area contributed by atoms with Crippen molar-refractivity contribution < 1.29 is 0 Å². The van der Waals surface area contributed by atoms with Crippen molar-refractivity contribution in [1.29, 1.82) is 0 Å². The quantitative estimate of drug-likeness (QED) is 0.405. The number of hydrogen-bond acceptors (Lipinski definition) is 0. The van der Waals surface area contributed by atoms with Gasteiger partial charge < -0.3 is 4.85 Å². The Bertz CT molecular complexity index is 187. The fraction of sp³-hybridized carbons (Fsp3) is 0.667. The Morgan fingerprint density at radius 1 is 1.60 bits per heavy atom. The first-order chi connectivity index (χ1) is 4.68. The van der Waals surface area contributed by atoms with Gasteiger partial charge in [0.25, 0.3) is 0 Å². The van der Waals surface area contributed by atoms with E-state index in [1.807, 2.05) is 0 Å². The Balaban J connectivity index is 2.41. The van der Waals surface area contributed by atoms with E-state index in [1.54, 1.807) is 0 Å². The lowest BCUT2D eigenvalue weighted by Crippen LogP contribution is -1.97. The lowest BCUT2D eigenvalue weighted by atomic mass is 10.1. The highest BCUT2D eigenvalue weighted by Gasteiger charge is 2.49. The molecule has 0 heterocycles. The van der Waals surface area contributed by atoms with Gasteiger partial charge in [0, 0.05) is 19.3 Å². The molecule has 1 aliphatic rings. The van der Waals surface area contributed by atoms with Crippen molar-refractivity contribution in [3.63, 3.8) is 0 Å². The predicted molar refractivity (Wildman–Crippen MR) is 42.6 cm³/mol. The Morgan fingerprint density at radius 3 is 2.50 bits per heavy atom. The van der Waals surface area contributed by atoms with Crippen molar-refractivity contribution in [3.8, 4) is 0 Å². The molecule has 10 heavy (non-hydrogen) atoms. The Labute approximate surface area is 62.6 Å². The van der Waals surface area contributed by atoms with E-state index in [2.05, 4.69) is 24.8 Å². The molecule has 54 valence electrons. The molecule has 1 fully saturated rings. The highest BCUT2D eigenvalue weighted by molar-refractivity contribution is 5.15. The normalized spacial score (nSPS) is 19.3. The van der Waals surface area contributed by atoms with Gasteiger partial charge in [-0.1, -0.05) is 11.6 Å². The second-order valence-electron chi connectivity index (χ2n) is 3.32. The van der Waals surface area contributed by atoms with Crippen LogP contribution in [0, 0.1) is 6.57 Å². The van der Waals surface area contributed by atoms with E-state index in [1.165, 1.54) is 5.57 Å². The van der Waals surface area contributed by atoms with Crippen molar-refractivity contribution in [3.05, 3.63) is 23.1 Å². The summed E-state index contributed by atoms with van der Waals surface area (Å²) < 4.78 is 0. The van der Waals surface area contributed by atoms with Crippen LogP contribution in [-0.2, 0) is 0 Å². The molecule has 1 aliphatic carbocycles. The van der Waals surface area contributed by atoms with Crippen LogP contribution < -0.4 is 0 Å². The van der Waals surface area contributed by atoms with E-state index >= 15 is 0 Å². The summed E-state index contributed by atoms with van der Waals surface area (Å²) in [6, 6.07) is 0. The summed E-state index contributed by atoms with van der Waals surface area (Å²) in [5, 5.41) is 0. The Morgan fingerprint density at radius 2 is 2.20 bits per heavy atom. The number of allylic oxidation sites excluding steroid dienone is 1. The molecule has 0 saturated heterocycles. The maximum Gasteiger partial charge on any atom is 0.236 e. The van der Waals surface area contributed by atoms with Crippen LogP contribution in [0.5, 0.6) is 0 Å². The number of hydrogen-bond donors (Lipinski definition) is 0. The van der Waals surface area contributed by atoms with Gasteiger partial charge in [-0.05, 0) is 13.8 Å². The van der Waals surface area contributed by atoms with Gasteiger partial charge in [-0.2, -0.15) is 0 Å². The van der Waals surface area contributed by atoms with E-state index in [0.29, 0.717) is 0 Å². The maximum atomic E-state index is 6.91. The summed E-state index contributed by atoms with van der Waals surface area (Å²) in [5.74, 6) is 0. The van der Waals surface area contributed by atoms with Crippen LogP contribution in [0.1, 0.15) is 33.1 Å². The van der Waals surface area contributed by atoms with Gasteiger partial charge in [0.2, 0.25) is 5.54 Å². The zero-order valence-electron chi connectivity index (χ0n) is 6.65. The van der Waals surface area contributed by atoms with Crippen LogP contribution in [0.3, 0.4) is 0 Å². The molecule has 0 aliphatic heterocycles. The molecule has 1 rings (SSSR count). The van der Waals surface area contributed by atoms with Crippen molar-refractivity contribution in [1.82, 2.24) is 0 Å². The molecule has 1 nitrogen and oxygen atoms in total. The third-order valence-corrected chi connectivity index (χ3v) is 1.95. The van der Waals surface area contributed by atoms with Crippen molar-refractivity contribution in [2.24, 2.45) is 0 Å². The van der Waals surface area contributed by atoms with Gasteiger partial charge in [0.15, 0.2) is 0 Å². The highest BCUT2D eigenvalue weighted by Crippen LogP contribution is 2.43. The van der Waals surface area contributed by atoms with Crippen LogP contribution in [0.15, 0.2) is 11.6 Å². The second kappa shape index (κ2) is 2.46. The topological polar surface area (TPSA) is 4.36 Å². The minimum Gasteiger partial charge on any atom is -0.310 e. The molecule has 0 aromatic carbocycles. The van der Waals surface area contributed by atoms with Gasteiger partial charge in [-0.3, -0.25) is 0 Å². The average molecular weight is 135 g/mol. The standard InChI is InChI=1S/C9H13N/c1-8(2)4-5-9(10-3)6-7-9/h4H,5-7H2,1-2H3. The summed E-state index contributed by atoms with van der Waals surface area (Å²) >= 11 is 0. The first-order valence-electron chi connectivity index (χ1n) is 3.70. The smallest absolute Gasteiger partial charge is 0.236 e.